The Bertz CT molecular complexity index is 602. The van der Waals surface area contributed by atoms with E-state index in [1.54, 1.807) is 6.26 Å². The number of aliphatic hydroxyl groups is 1. The molecule has 2 unspecified atom stereocenters. The molecule has 2 N–H and O–H groups in total. The van der Waals surface area contributed by atoms with Crippen LogP contribution in [0, 0.1) is 12.8 Å². The van der Waals surface area contributed by atoms with Crippen molar-refractivity contribution in [3.8, 4) is 11.3 Å². The van der Waals surface area contributed by atoms with Gasteiger partial charge in [0.05, 0.1) is 25.1 Å². The number of hydrogen-bond donors (Lipinski definition) is 2. The first-order valence-corrected chi connectivity index (χ1v) is 7.68. The van der Waals surface area contributed by atoms with Crippen LogP contribution in [0.3, 0.4) is 0 Å². The van der Waals surface area contributed by atoms with E-state index in [4.69, 9.17) is 4.42 Å². The lowest BCUT2D eigenvalue weighted by Gasteiger charge is -2.19. The largest absolute Gasteiger partial charge is 0.469 e. The van der Waals surface area contributed by atoms with Gasteiger partial charge in [-0.25, -0.2) is 4.68 Å². The second-order valence-corrected chi connectivity index (χ2v) is 5.91. The van der Waals surface area contributed by atoms with Crippen LogP contribution in [0.4, 0.5) is 5.82 Å². The normalized spacial score (nSPS) is 21.9. The van der Waals surface area contributed by atoms with Crippen LogP contribution in [0.15, 0.2) is 22.8 Å². The molecule has 5 heteroatoms. The van der Waals surface area contributed by atoms with E-state index in [1.165, 1.54) is 19.3 Å². The van der Waals surface area contributed by atoms with Gasteiger partial charge < -0.3 is 14.8 Å². The molecule has 1 aliphatic rings. The minimum atomic E-state index is 0.0837. The van der Waals surface area contributed by atoms with Crippen LogP contribution in [-0.2, 0) is 6.54 Å². The zero-order chi connectivity index (χ0) is 14.8. The highest BCUT2D eigenvalue weighted by Gasteiger charge is 2.24. The Morgan fingerprint density at radius 2 is 2.33 bits per heavy atom. The molecule has 2 aromatic rings. The molecule has 2 heterocycles. The lowest BCUT2D eigenvalue weighted by atomic mass is 10.1. The Balaban J connectivity index is 1.88. The van der Waals surface area contributed by atoms with E-state index in [0.717, 1.165) is 22.8 Å². The Morgan fingerprint density at radius 3 is 2.95 bits per heavy atom. The molecule has 2 aromatic heterocycles. The van der Waals surface area contributed by atoms with Crippen molar-refractivity contribution in [3.05, 3.63) is 24.2 Å². The molecule has 0 bridgehead atoms. The molecule has 3 rings (SSSR count). The van der Waals surface area contributed by atoms with E-state index in [1.807, 2.05) is 17.7 Å². The average molecular weight is 289 g/mol. The summed E-state index contributed by atoms with van der Waals surface area (Å²) < 4.78 is 7.21. The first kappa shape index (κ1) is 14.2. The van der Waals surface area contributed by atoms with Gasteiger partial charge in [0.25, 0.3) is 0 Å². The molecule has 114 valence electrons. The van der Waals surface area contributed by atoms with Gasteiger partial charge in [-0.15, -0.1) is 0 Å². The van der Waals surface area contributed by atoms with Gasteiger partial charge in [0.15, 0.2) is 0 Å². The molecular formula is C16H23N3O2. The zero-order valence-corrected chi connectivity index (χ0v) is 12.7. The van der Waals surface area contributed by atoms with Gasteiger partial charge in [-0.2, -0.15) is 5.10 Å². The summed E-state index contributed by atoms with van der Waals surface area (Å²) in [6.07, 6.45) is 5.44. The van der Waals surface area contributed by atoms with Gasteiger partial charge in [-0.05, 0) is 31.7 Å². The predicted molar refractivity (Wildman–Crippen MR) is 82.2 cm³/mol. The van der Waals surface area contributed by atoms with E-state index in [-0.39, 0.29) is 6.61 Å². The second-order valence-electron chi connectivity index (χ2n) is 5.91. The molecule has 0 amide bonds. The number of aromatic nitrogens is 2. The molecule has 0 aliphatic heterocycles. The maximum Gasteiger partial charge on any atom is 0.125 e. The number of rotatable bonds is 5. The van der Waals surface area contributed by atoms with Crippen molar-refractivity contribution in [2.45, 2.75) is 45.7 Å². The fourth-order valence-corrected chi connectivity index (χ4v) is 3.13. The van der Waals surface area contributed by atoms with Crippen LogP contribution >= 0.6 is 0 Å². The summed E-state index contributed by atoms with van der Waals surface area (Å²) in [6, 6.07) is 4.49. The second kappa shape index (κ2) is 5.93. The Morgan fingerprint density at radius 1 is 1.48 bits per heavy atom. The number of anilines is 1. The number of furan rings is 1. The minimum absolute atomic E-state index is 0.0837. The van der Waals surface area contributed by atoms with Crippen LogP contribution in [0.25, 0.3) is 11.3 Å². The summed E-state index contributed by atoms with van der Waals surface area (Å²) in [4.78, 5) is 0. The zero-order valence-electron chi connectivity index (χ0n) is 12.7. The van der Waals surface area contributed by atoms with Gasteiger partial charge in [-0.1, -0.05) is 13.3 Å². The highest BCUT2D eigenvalue weighted by molar-refractivity contribution is 5.64. The van der Waals surface area contributed by atoms with Crippen molar-refractivity contribution in [2.24, 2.45) is 5.92 Å². The summed E-state index contributed by atoms with van der Waals surface area (Å²) in [5, 5.41) is 17.5. The minimum Gasteiger partial charge on any atom is -0.469 e. The molecule has 21 heavy (non-hydrogen) atoms. The fraction of sp³-hybridized carbons (Fsp3) is 0.562. The lowest BCUT2D eigenvalue weighted by Crippen LogP contribution is -2.24. The van der Waals surface area contributed by atoms with Crippen LogP contribution < -0.4 is 5.32 Å². The topological polar surface area (TPSA) is 63.2 Å². The Kier molecular flexibility index (Phi) is 4.01. The molecule has 5 nitrogen and oxygen atoms in total. The molecule has 1 aliphatic carbocycles. The summed E-state index contributed by atoms with van der Waals surface area (Å²) in [5.74, 6) is 2.53. The van der Waals surface area contributed by atoms with Crippen LogP contribution in [0.5, 0.6) is 0 Å². The third-order valence-electron chi connectivity index (χ3n) is 4.42. The highest BCUT2D eigenvalue weighted by Crippen LogP contribution is 2.30. The molecule has 0 spiro atoms. The molecular weight excluding hydrogens is 266 g/mol. The van der Waals surface area contributed by atoms with E-state index >= 15 is 0 Å². The first-order valence-electron chi connectivity index (χ1n) is 7.68. The highest BCUT2D eigenvalue weighted by atomic mass is 16.3. The van der Waals surface area contributed by atoms with Gasteiger partial charge in [0.2, 0.25) is 0 Å². The SMILES string of the molecule is Cc1occc1-c1cc(NC2CCCC2C)n(CCO)n1. The van der Waals surface area contributed by atoms with E-state index in [2.05, 4.69) is 23.4 Å². The van der Waals surface area contributed by atoms with Crippen molar-refractivity contribution in [2.75, 3.05) is 11.9 Å². The molecule has 0 saturated heterocycles. The van der Waals surface area contributed by atoms with Gasteiger partial charge in [0, 0.05) is 17.7 Å². The van der Waals surface area contributed by atoms with Crippen molar-refractivity contribution in [3.63, 3.8) is 0 Å². The summed E-state index contributed by atoms with van der Waals surface area (Å²) in [7, 11) is 0. The summed E-state index contributed by atoms with van der Waals surface area (Å²) >= 11 is 0. The van der Waals surface area contributed by atoms with Gasteiger partial charge in [0.1, 0.15) is 11.6 Å². The van der Waals surface area contributed by atoms with Crippen molar-refractivity contribution in [1.82, 2.24) is 9.78 Å². The van der Waals surface area contributed by atoms with E-state index in [9.17, 15) is 5.11 Å². The van der Waals surface area contributed by atoms with E-state index < -0.39 is 0 Å². The smallest absolute Gasteiger partial charge is 0.125 e. The Hall–Kier alpha value is -1.75. The molecule has 0 aromatic carbocycles. The number of nitrogens with zero attached hydrogens (tertiary/aromatic N) is 2. The summed E-state index contributed by atoms with van der Waals surface area (Å²) in [5.41, 5.74) is 1.90. The third kappa shape index (κ3) is 2.83. The summed E-state index contributed by atoms with van der Waals surface area (Å²) in [6.45, 7) is 4.81. The molecule has 1 saturated carbocycles. The van der Waals surface area contributed by atoms with Crippen LogP contribution in [-0.4, -0.2) is 27.5 Å². The van der Waals surface area contributed by atoms with Crippen LogP contribution in [0.1, 0.15) is 31.9 Å². The third-order valence-corrected chi connectivity index (χ3v) is 4.42. The number of aryl methyl sites for hydroxylation is 1. The molecule has 0 radical (unpaired) electrons. The fourth-order valence-electron chi connectivity index (χ4n) is 3.13. The first-order chi connectivity index (χ1) is 10.2. The van der Waals surface area contributed by atoms with E-state index in [0.29, 0.717) is 18.5 Å². The maximum absolute atomic E-state index is 9.24. The average Bonchev–Trinajstić information content (AvgIpc) is 3.14. The predicted octanol–water partition coefficient (Wildman–Crippen LogP) is 3.04. The van der Waals surface area contributed by atoms with Crippen molar-refractivity contribution < 1.29 is 9.52 Å². The molecule has 1 fully saturated rings. The monoisotopic (exact) mass is 289 g/mol. The standard InChI is InChI=1S/C16H23N3O2/c1-11-4-3-5-14(11)17-16-10-15(18-19(16)7-8-20)13-6-9-21-12(13)2/h6,9-11,14,17,20H,3-5,7-8H2,1-2H3. The van der Waals surface area contributed by atoms with Crippen molar-refractivity contribution >= 4 is 5.82 Å². The van der Waals surface area contributed by atoms with Crippen LogP contribution in [0.2, 0.25) is 0 Å². The number of nitrogens with one attached hydrogen (secondary N) is 1. The van der Waals surface area contributed by atoms with Gasteiger partial charge in [-0.3, -0.25) is 0 Å². The number of aliphatic hydroxyl groups excluding tert-OH is 1. The lowest BCUT2D eigenvalue weighted by molar-refractivity contribution is 0.270. The maximum atomic E-state index is 9.24. The molecule has 2 atom stereocenters. The Labute approximate surface area is 125 Å². The van der Waals surface area contributed by atoms with Gasteiger partial charge >= 0.3 is 0 Å². The number of hydrogen-bond acceptors (Lipinski definition) is 4. The van der Waals surface area contributed by atoms with Crippen molar-refractivity contribution in [1.29, 1.82) is 0 Å². The quantitative estimate of drug-likeness (QED) is 0.888.